The number of rotatable bonds is 22. The average Bonchev–Trinajstić information content (AvgIpc) is 3.38. The first-order valence-corrected chi connectivity index (χ1v) is 17.3. The smallest absolute Gasteiger partial charge is 0.288 e. The molecule has 4 amide bonds. The lowest BCUT2D eigenvalue weighted by Gasteiger charge is -2.59. The molecule has 3 rings (SSSR count). The number of carbonyl (C=O) groups excluding carboxylic acids is 2. The number of unbranched alkanes of at least 4 members (excludes halogenated alkanes) is 18. The average molecular weight is 547 g/mol. The van der Waals surface area contributed by atoms with Crippen LogP contribution in [-0.2, 0) is 0 Å². The van der Waals surface area contributed by atoms with E-state index in [4.69, 9.17) is 0 Å². The van der Waals surface area contributed by atoms with E-state index in [1.807, 2.05) is 0 Å². The second-order valence-corrected chi connectivity index (χ2v) is 12.6. The Labute approximate surface area is 241 Å². The van der Waals surface area contributed by atoms with Gasteiger partial charge in [0.05, 0.1) is 0 Å². The number of amides is 4. The molecule has 0 aliphatic carbocycles. The lowest BCUT2D eigenvalue weighted by molar-refractivity contribution is -0.147. The van der Waals surface area contributed by atoms with E-state index >= 15 is 0 Å². The molecular formula is C33H62N4O2. The molecule has 0 radical (unpaired) electrons. The maximum Gasteiger partial charge on any atom is 0.331 e. The monoisotopic (exact) mass is 546 g/mol. The van der Waals surface area contributed by atoms with Crippen molar-refractivity contribution in [2.45, 2.75) is 167 Å². The fraction of sp³-hybridized carbons (Fsp3) is 0.939. The van der Waals surface area contributed by atoms with Crippen molar-refractivity contribution in [2.24, 2.45) is 0 Å². The van der Waals surface area contributed by atoms with Crippen LogP contribution < -0.4 is 0 Å². The van der Waals surface area contributed by atoms with Crippen LogP contribution in [0.25, 0.3) is 0 Å². The molecule has 0 N–H and O–H groups in total. The Morgan fingerprint density at radius 3 is 1.54 bits per heavy atom. The lowest BCUT2D eigenvalue weighted by Crippen LogP contribution is -2.79. The number of imide groups is 1. The predicted molar refractivity (Wildman–Crippen MR) is 163 cm³/mol. The zero-order valence-corrected chi connectivity index (χ0v) is 25.9. The van der Waals surface area contributed by atoms with Gasteiger partial charge in [0, 0.05) is 39.1 Å². The number of carbonyl (C=O) groups is 2. The summed E-state index contributed by atoms with van der Waals surface area (Å²) in [5.74, 6) is -0.486. The summed E-state index contributed by atoms with van der Waals surface area (Å²) in [6, 6.07) is -0.0428. The Kier molecular flexibility index (Phi) is 15.0. The normalized spacial score (nSPS) is 21.6. The molecule has 1 unspecified atom stereocenters. The molecule has 6 heteroatoms. The number of urea groups is 2. The third-order valence-corrected chi connectivity index (χ3v) is 9.52. The van der Waals surface area contributed by atoms with Crippen molar-refractivity contribution in [1.82, 2.24) is 19.6 Å². The Bertz CT molecular complexity index is 701. The zero-order chi connectivity index (χ0) is 27.8. The van der Waals surface area contributed by atoms with E-state index in [1.54, 1.807) is 4.90 Å². The molecule has 6 nitrogen and oxygen atoms in total. The van der Waals surface area contributed by atoms with Crippen molar-refractivity contribution in [3.63, 3.8) is 0 Å². The van der Waals surface area contributed by atoms with Gasteiger partial charge in [-0.15, -0.1) is 0 Å². The van der Waals surface area contributed by atoms with Gasteiger partial charge >= 0.3 is 12.1 Å². The van der Waals surface area contributed by atoms with Gasteiger partial charge < -0.3 is 0 Å². The minimum absolute atomic E-state index is 0.0168. The quantitative estimate of drug-likeness (QED) is 0.127. The number of nitrogens with zero attached hydrogens (tertiary/aromatic N) is 4. The van der Waals surface area contributed by atoms with Gasteiger partial charge in [-0.05, 0) is 25.7 Å². The summed E-state index contributed by atoms with van der Waals surface area (Å²) in [4.78, 5) is 35.8. The highest BCUT2D eigenvalue weighted by Gasteiger charge is 2.60. The van der Waals surface area contributed by atoms with Crippen LogP contribution in [0.1, 0.15) is 162 Å². The summed E-state index contributed by atoms with van der Waals surface area (Å²) in [5, 5.41) is 0. The third-order valence-electron chi connectivity index (χ3n) is 9.52. The third kappa shape index (κ3) is 9.10. The standard InChI is InChI=1S/C33H62N4O2/c1-3-5-7-9-11-13-15-17-19-21-28-35-31(38)36(29-22-20-18-16-14-12-10-8-6-4-2)33-25-23-26-34(33)27-24-30-37(33)32(35)39/h3-30H2,1-2H3. The van der Waals surface area contributed by atoms with E-state index in [1.165, 1.54) is 109 Å². The highest BCUT2D eigenvalue weighted by molar-refractivity contribution is 5.97. The van der Waals surface area contributed by atoms with Gasteiger partial charge in [0.25, 0.3) is 0 Å². The maximum atomic E-state index is 13.9. The largest absolute Gasteiger partial charge is 0.331 e. The molecule has 3 fully saturated rings. The molecule has 1 atom stereocenters. The van der Waals surface area contributed by atoms with E-state index in [0.717, 1.165) is 64.7 Å². The zero-order valence-electron chi connectivity index (χ0n) is 25.9. The van der Waals surface area contributed by atoms with Crippen LogP contribution in [0.5, 0.6) is 0 Å². The molecule has 39 heavy (non-hydrogen) atoms. The first-order valence-electron chi connectivity index (χ1n) is 17.3. The van der Waals surface area contributed by atoms with E-state index in [-0.39, 0.29) is 12.1 Å². The summed E-state index contributed by atoms with van der Waals surface area (Å²) in [5.41, 5.74) is 0. The molecule has 0 aromatic carbocycles. The molecule has 3 heterocycles. The van der Waals surface area contributed by atoms with Gasteiger partial charge in [-0.1, -0.05) is 129 Å². The van der Waals surface area contributed by atoms with E-state index in [9.17, 15) is 9.59 Å². The Hall–Kier alpha value is -1.30. The summed E-state index contributed by atoms with van der Waals surface area (Å²) < 4.78 is 0. The highest BCUT2D eigenvalue weighted by atomic mass is 16.2. The molecule has 226 valence electrons. The van der Waals surface area contributed by atoms with Crippen LogP contribution in [0.3, 0.4) is 0 Å². The van der Waals surface area contributed by atoms with Crippen molar-refractivity contribution >= 4 is 12.1 Å². The van der Waals surface area contributed by atoms with Gasteiger partial charge in [0.2, 0.25) is 0 Å². The molecule has 0 aromatic heterocycles. The molecule has 3 saturated heterocycles. The van der Waals surface area contributed by atoms with Crippen molar-refractivity contribution in [3.8, 4) is 0 Å². The molecule has 1 spiro atoms. The topological polar surface area (TPSA) is 47.1 Å². The fourth-order valence-electron chi connectivity index (χ4n) is 7.25. The van der Waals surface area contributed by atoms with Crippen LogP contribution in [-0.4, -0.2) is 70.2 Å². The predicted octanol–water partition coefficient (Wildman–Crippen LogP) is 9.14. The molecule has 3 aliphatic rings. The highest BCUT2D eigenvalue weighted by Crippen LogP contribution is 2.43. The van der Waals surface area contributed by atoms with Crippen molar-refractivity contribution in [3.05, 3.63) is 0 Å². The first kappa shape index (κ1) is 32.2. The molecule has 0 aromatic rings. The van der Waals surface area contributed by atoms with Gasteiger partial charge in [0.1, 0.15) is 0 Å². The first-order chi connectivity index (χ1) is 19.2. The summed E-state index contributed by atoms with van der Waals surface area (Å²) in [6.45, 7) is 8.69. The lowest BCUT2D eigenvalue weighted by atomic mass is 10.0. The molecule has 0 bridgehead atoms. The van der Waals surface area contributed by atoms with Crippen molar-refractivity contribution < 1.29 is 9.59 Å². The van der Waals surface area contributed by atoms with E-state index < -0.39 is 5.79 Å². The van der Waals surface area contributed by atoms with Crippen LogP contribution >= 0.6 is 0 Å². The second kappa shape index (κ2) is 18.2. The molecular weight excluding hydrogens is 484 g/mol. The molecule has 3 aliphatic heterocycles. The minimum atomic E-state index is -0.486. The van der Waals surface area contributed by atoms with Gasteiger partial charge in [-0.3, -0.25) is 14.7 Å². The maximum absolute atomic E-state index is 13.9. The Morgan fingerprint density at radius 2 is 1.00 bits per heavy atom. The second-order valence-electron chi connectivity index (χ2n) is 12.6. The minimum Gasteiger partial charge on any atom is -0.288 e. The fourth-order valence-corrected chi connectivity index (χ4v) is 7.25. The van der Waals surface area contributed by atoms with Gasteiger partial charge in [-0.2, -0.15) is 0 Å². The van der Waals surface area contributed by atoms with E-state index in [0.29, 0.717) is 6.54 Å². The Morgan fingerprint density at radius 1 is 0.538 bits per heavy atom. The van der Waals surface area contributed by atoms with Gasteiger partial charge in [0.15, 0.2) is 5.79 Å². The SMILES string of the molecule is CCCCCCCCCCCCN1C(=O)N(CCCCCCCCCCCC)C23CCCN2CCCN3C1=O. The van der Waals surface area contributed by atoms with Crippen LogP contribution in [0, 0.1) is 0 Å². The van der Waals surface area contributed by atoms with E-state index in [2.05, 4.69) is 28.5 Å². The van der Waals surface area contributed by atoms with Crippen LogP contribution in [0.4, 0.5) is 9.59 Å². The summed E-state index contributed by atoms with van der Waals surface area (Å²) >= 11 is 0. The van der Waals surface area contributed by atoms with Crippen molar-refractivity contribution in [1.29, 1.82) is 0 Å². The Balaban J connectivity index is 1.45. The summed E-state index contributed by atoms with van der Waals surface area (Å²) in [7, 11) is 0. The number of hydrogen-bond acceptors (Lipinski definition) is 3. The van der Waals surface area contributed by atoms with Gasteiger partial charge in [-0.25, -0.2) is 14.5 Å². The van der Waals surface area contributed by atoms with Crippen LogP contribution in [0.15, 0.2) is 0 Å². The summed E-state index contributed by atoms with van der Waals surface area (Å²) in [6.07, 6.45) is 28.6. The van der Waals surface area contributed by atoms with Crippen LogP contribution in [0.2, 0.25) is 0 Å². The van der Waals surface area contributed by atoms with Crippen molar-refractivity contribution in [2.75, 3.05) is 32.7 Å². The number of hydrogen-bond donors (Lipinski definition) is 0. The molecule has 0 saturated carbocycles.